The van der Waals surface area contributed by atoms with E-state index in [4.69, 9.17) is 4.98 Å². The van der Waals surface area contributed by atoms with Crippen molar-refractivity contribution in [3.8, 4) is 0 Å². The Labute approximate surface area is 211 Å². The summed E-state index contributed by atoms with van der Waals surface area (Å²) in [6, 6.07) is 21.9. The average Bonchev–Trinajstić information content (AvgIpc) is 3.27. The molecule has 2 aromatic heterocycles. The number of aromatic nitrogens is 4. The van der Waals surface area contributed by atoms with E-state index in [2.05, 4.69) is 67.6 Å². The van der Waals surface area contributed by atoms with Gasteiger partial charge in [-0.1, -0.05) is 67.6 Å². The Hall–Kier alpha value is -3.49. The Morgan fingerprint density at radius 2 is 1.44 bits per heavy atom. The third kappa shape index (κ3) is 4.42. The fourth-order valence-electron chi connectivity index (χ4n) is 5.66. The molecule has 2 N–H and O–H groups in total. The molecular weight excluding hydrogens is 452 g/mol. The molecule has 0 amide bonds. The van der Waals surface area contributed by atoms with Crippen molar-refractivity contribution in [1.82, 2.24) is 18.7 Å². The van der Waals surface area contributed by atoms with E-state index < -0.39 is 0 Å². The lowest BCUT2D eigenvalue weighted by Crippen LogP contribution is -3.27. The molecule has 1 fully saturated rings. The lowest BCUT2D eigenvalue weighted by molar-refractivity contribution is -1.03. The number of rotatable bonds is 7. The fraction of sp³-hybridized carbons (Fsp3) is 0.393. The van der Waals surface area contributed by atoms with Crippen LogP contribution in [0, 0.1) is 0 Å². The molecule has 0 bridgehead atoms. The second-order valence-corrected chi connectivity index (χ2v) is 9.90. The summed E-state index contributed by atoms with van der Waals surface area (Å²) in [7, 11) is 3.23. The Kier molecular flexibility index (Phi) is 6.89. The molecule has 1 aliphatic heterocycles. The second-order valence-electron chi connectivity index (χ2n) is 9.90. The van der Waals surface area contributed by atoms with Crippen LogP contribution < -0.4 is 21.0 Å². The molecule has 4 aromatic rings. The normalized spacial score (nSPS) is 18.2. The van der Waals surface area contributed by atoms with Crippen LogP contribution in [0.5, 0.6) is 0 Å². The minimum atomic E-state index is -0.336. The molecule has 0 atom stereocenters. The van der Waals surface area contributed by atoms with E-state index in [1.165, 1.54) is 32.2 Å². The van der Waals surface area contributed by atoms with E-state index in [1.54, 1.807) is 11.9 Å². The van der Waals surface area contributed by atoms with Crippen LogP contribution in [0.15, 0.2) is 70.3 Å². The second kappa shape index (κ2) is 10.2. The van der Waals surface area contributed by atoms with Crippen LogP contribution in [0.4, 0.5) is 0 Å². The van der Waals surface area contributed by atoms with Gasteiger partial charge in [-0.3, -0.25) is 13.9 Å². The molecule has 36 heavy (non-hydrogen) atoms. The molecule has 0 saturated carbocycles. The largest absolute Gasteiger partial charge is 0.332 e. The molecule has 8 nitrogen and oxygen atoms in total. The van der Waals surface area contributed by atoms with Crippen molar-refractivity contribution in [3.05, 3.63) is 98.5 Å². The molecule has 0 aliphatic carbocycles. The molecule has 0 spiro atoms. The summed E-state index contributed by atoms with van der Waals surface area (Å²) in [6.07, 6.45) is 0.896. The van der Waals surface area contributed by atoms with E-state index in [9.17, 15) is 9.59 Å². The molecule has 188 valence electrons. The van der Waals surface area contributed by atoms with Gasteiger partial charge < -0.3 is 14.4 Å². The molecule has 0 unspecified atom stereocenters. The van der Waals surface area contributed by atoms with Gasteiger partial charge in [-0.05, 0) is 6.42 Å². The number of nitrogens with zero attached hydrogens (tertiary/aromatic N) is 4. The Bertz CT molecular complexity index is 1410. The highest BCUT2D eigenvalue weighted by molar-refractivity contribution is 5.71. The number of piperazine rings is 1. The number of nitrogens with one attached hydrogen (secondary N) is 2. The Morgan fingerprint density at radius 3 is 2.00 bits per heavy atom. The summed E-state index contributed by atoms with van der Waals surface area (Å²) in [4.78, 5) is 33.3. The minimum absolute atomic E-state index is 0.266. The topological polar surface area (TPSA) is 70.7 Å². The van der Waals surface area contributed by atoms with E-state index in [0.717, 1.165) is 45.0 Å². The first-order valence-electron chi connectivity index (χ1n) is 12.9. The number of hydrogen-bond donors (Lipinski definition) is 2. The van der Waals surface area contributed by atoms with Gasteiger partial charge in [0.2, 0.25) is 0 Å². The van der Waals surface area contributed by atoms with Gasteiger partial charge in [-0.25, -0.2) is 9.78 Å². The quantitative estimate of drug-likeness (QED) is 0.382. The lowest BCUT2D eigenvalue weighted by Gasteiger charge is -2.35. The van der Waals surface area contributed by atoms with Crippen LogP contribution >= 0.6 is 0 Å². The van der Waals surface area contributed by atoms with Crippen molar-refractivity contribution in [2.45, 2.75) is 32.5 Å². The van der Waals surface area contributed by atoms with Gasteiger partial charge in [0.1, 0.15) is 38.8 Å². The SMILES string of the molecule is CCCn1c(C[NH+]2CC[NH+](C(c3ccccc3)c3ccccc3)CC2)nc2c1c(=O)n(C)c(=O)n2C. The molecule has 1 aliphatic rings. The predicted octanol–water partition coefficient (Wildman–Crippen LogP) is -0.0833. The summed E-state index contributed by atoms with van der Waals surface area (Å²) in [5.41, 5.74) is 3.12. The van der Waals surface area contributed by atoms with Gasteiger partial charge in [-0.15, -0.1) is 0 Å². The summed E-state index contributed by atoms with van der Waals surface area (Å²) in [6.45, 7) is 7.73. The molecule has 8 heteroatoms. The first-order valence-corrected chi connectivity index (χ1v) is 12.9. The van der Waals surface area contributed by atoms with Crippen LogP contribution in [0.2, 0.25) is 0 Å². The number of fused-ring (bicyclic) bond motifs is 1. The summed E-state index contributed by atoms with van der Waals surface area (Å²) < 4.78 is 4.72. The number of hydrogen-bond acceptors (Lipinski definition) is 3. The van der Waals surface area contributed by atoms with Crippen LogP contribution in [-0.2, 0) is 27.2 Å². The van der Waals surface area contributed by atoms with E-state index >= 15 is 0 Å². The zero-order valence-corrected chi connectivity index (χ0v) is 21.4. The third-order valence-corrected chi connectivity index (χ3v) is 7.56. The Balaban J connectivity index is 1.39. The smallest absolute Gasteiger partial charge is 0.319 e. The van der Waals surface area contributed by atoms with Crippen LogP contribution in [0.25, 0.3) is 11.2 Å². The maximum Gasteiger partial charge on any atom is 0.332 e. The molecular formula is C28H36N6O2+2. The number of benzene rings is 2. The first-order chi connectivity index (χ1) is 17.5. The van der Waals surface area contributed by atoms with Gasteiger partial charge in [-0.2, -0.15) is 0 Å². The van der Waals surface area contributed by atoms with E-state index in [1.807, 2.05) is 4.57 Å². The molecule has 3 heterocycles. The summed E-state index contributed by atoms with van der Waals surface area (Å²) in [5, 5.41) is 0. The molecule has 5 rings (SSSR count). The molecule has 0 radical (unpaired) electrons. The van der Waals surface area contributed by atoms with E-state index in [0.29, 0.717) is 23.8 Å². The highest BCUT2D eigenvalue weighted by Gasteiger charge is 2.32. The maximum atomic E-state index is 13.0. The lowest BCUT2D eigenvalue weighted by atomic mass is 9.96. The third-order valence-electron chi connectivity index (χ3n) is 7.56. The van der Waals surface area contributed by atoms with E-state index in [-0.39, 0.29) is 11.2 Å². The molecule has 1 saturated heterocycles. The average molecular weight is 489 g/mol. The van der Waals surface area contributed by atoms with Gasteiger partial charge in [0.05, 0.1) is 0 Å². The minimum Gasteiger partial charge on any atom is -0.319 e. The van der Waals surface area contributed by atoms with Crippen molar-refractivity contribution < 1.29 is 9.80 Å². The summed E-state index contributed by atoms with van der Waals surface area (Å²) >= 11 is 0. The highest BCUT2D eigenvalue weighted by Crippen LogP contribution is 2.19. The highest BCUT2D eigenvalue weighted by atomic mass is 16.2. The summed E-state index contributed by atoms with van der Waals surface area (Å²) in [5.74, 6) is 0.895. The van der Waals surface area contributed by atoms with Crippen LogP contribution in [0.3, 0.4) is 0 Å². The van der Waals surface area contributed by atoms with Crippen LogP contribution in [-0.4, -0.2) is 44.9 Å². The Morgan fingerprint density at radius 1 is 0.861 bits per heavy atom. The van der Waals surface area contributed by atoms with Crippen molar-refractivity contribution in [3.63, 3.8) is 0 Å². The van der Waals surface area contributed by atoms with Crippen molar-refractivity contribution >= 4 is 11.2 Å². The zero-order valence-electron chi connectivity index (χ0n) is 21.4. The van der Waals surface area contributed by atoms with Crippen molar-refractivity contribution in [1.29, 1.82) is 0 Å². The number of imidazole rings is 1. The van der Waals surface area contributed by atoms with Gasteiger partial charge in [0.15, 0.2) is 17.0 Å². The van der Waals surface area contributed by atoms with Gasteiger partial charge >= 0.3 is 5.69 Å². The predicted molar refractivity (Wildman–Crippen MR) is 140 cm³/mol. The number of quaternary nitrogens is 2. The van der Waals surface area contributed by atoms with Crippen LogP contribution in [0.1, 0.15) is 36.3 Å². The van der Waals surface area contributed by atoms with Crippen molar-refractivity contribution in [2.75, 3.05) is 26.2 Å². The first kappa shape index (κ1) is 24.2. The molecule has 2 aromatic carbocycles. The maximum absolute atomic E-state index is 13.0. The number of aryl methyl sites for hydroxylation is 2. The monoisotopic (exact) mass is 488 g/mol. The van der Waals surface area contributed by atoms with Crippen molar-refractivity contribution in [2.24, 2.45) is 14.1 Å². The standard InChI is InChI=1S/C28H34N6O2/c1-4-15-34-23(29-26-25(34)27(35)31(3)28(36)30(26)2)20-32-16-18-33(19-17-32)24(21-11-7-5-8-12-21)22-13-9-6-10-14-22/h5-14,24H,4,15-20H2,1-3H3/p+2. The van der Waals surface area contributed by atoms with Gasteiger partial charge in [0.25, 0.3) is 5.56 Å². The fourth-order valence-corrected chi connectivity index (χ4v) is 5.66. The zero-order chi connectivity index (χ0) is 25.2. The van der Waals surface area contributed by atoms with Gasteiger partial charge in [0, 0.05) is 31.8 Å².